The van der Waals surface area contributed by atoms with Crippen molar-refractivity contribution in [2.75, 3.05) is 20.8 Å². The molecule has 0 radical (unpaired) electrons. The lowest BCUT2D eigenvalue weighted by Gasteiger charge is -2.16. The molecule has 1 N–H and O–H groups in total. The summed E-state index contributed by atoms with van der Waals surface area (Å²) in [6.45, 7) is 3.90. The van der Waals surface area contributed by atoms with Crippen molar-refractivity contribution in [3.63, 3.8) is 0 Å². The number of imidazole rings is 1. The number of rotatable bonds is 7. The van der Waals surface area contributed by atoms with Crippen molar-refractivity contribution in [1.82, 2.24) is 14.9 Å². The lowest BCUT2D eigenvalue weighted by atomic mass is 10.1. The lowest BCUT2D eigenvalue weighted by molar-refractivity contribution is 0.183. The van der Waals surface area contributed by atoms with Gasteiger partial charge in [0.2, 0.25) is 0 Å². The summed E-state index contributed by atoms with van der Waals surface area (Å²) in [6, 6.07) is 8.73. The molecule has 1 heterocycles. The average Bonchev–Trinajstić information content (AvgIpc) is 2.80. The van der Waals surface area contributed by atoms with E-state index in [-0.39, 0.29) is 0 Å². The van der Waals surface area contributed by atoms with Crippen molar-refractivity contribution in [3.8, 4) is 0 Å². The van der Waals surface area contributed by atoms with Crippen LogP contribution in [0.25, 0.3) is 11.0 Å². The largest absolute Gasteiger partial charge is 0.385 e. The van der Waals surface area contributed by atoms with E-state index in [2.05, 4.69) is 35.0 Å². The molecule has 1 aromatic carbocycles. The summed E-state index contributed by atoms with van der Waals surface area (Å²) >= 11 is 0. The van der Waals surface area contributed by atoms with Crippen LogP contribution in [0.15, 0.2) is 24.3 Å². The number of para-hydroxylation sites is 2. The Morgan fingerprint density at radius 3 is 2.84 bits per heavy atom. The van der Waals surface area contributed by atoms with Gasteiger partial charge in [0.25, 0.3) is 0 Å². The molecule has 1 atom stereocenters. The molecule has 0 aliphatic heterocycles. The van der Waals surface area contributed by atoms with E-state index in [1.54, 1.807) is 7.11 Å². The van der Waals surface area contributed by atoms with Gasteiger partial charge in [0.05, 0.1) is 11.0 Å². The first-order valence-electron chi connectivity index (χ1n) is 6.90. The van der Waals surface area contributed by atoms with E-state index >= 15 is 0 Å². The van der Waals surface area contributed by atoms with Crippen LogP contribution in [0.1, 0.15) is 19.2 Å². The molecule has 1 unspecified atom stereocenters. The minimum absolute atomic E-state index is 0.405. The Morgan fingerprint density at radius 2 is 2.16 bits per heavy atom. The molecule has 1 aromatic heterocycles. The molecular weight excluding hydrogens is 238 g/mol. The monoisotopic (exact) mass is 261 g/mol. The number of methoxy groups -OCH3 is 1. The highest BCUT2D eigenvalue weighted by Crippen LogP contribution is 2.17. The number of hydrogen-bond donors (Lipinski definition) is 1. The van der Waals surface area contributed by atoms with Gasteiger partial charge in [0, 0.05) is 32.7 Å². The molecular formula is C15H23N3O. The van der Waals surface area contributed by atoms with Crippen molar-refractivity contribution in [3.05, 3.63) is 30.1 Å². The smallest absolute Gasteiger partial charge is 0.111 e. The number of hydrogen-bond acceptors (Lipinski definition) is 3. The maximum absolute atomic E-state index is 5.16. The molecule has 0 aliphatic carbocycles. The number of aryl methyl sites for hydroxylation is 1. The summed E-state index contributed by atoms with van der Waals surface area (Å²) in [6.07, 6.45) is 1.93. The normalized spacial score (nSPS) is 13.0. The number of aromatic nitrogens is 2. The van der Waals surface area contributed by atoms with Crippen LogP contribution < -0.4 is 5.32 Å². The van der Waals surface area contributed by atoms with Gasteiger partial charge in [-0.25, -0.2) is 4.98 Å². The van der Waals surface area contributed by atoms with Crippen LogP contribution in [0.2, 0.25) is 0 Å². The first-order chi connectivity index (χ1) is 9.30. The number of nitrogens with one attached hydrogen (secondary N) is 1. The van der Waals surface area contributed by atoms with Crippen LogP contribution >= 0.6 is 0 Å². The zero-order chi connectivity index (χ0) is 13.7. The Labute approximate surface area is 114 Å². The second kappa shape index (κ2) is 6.68. The van der Waals surface area contributed by atoms with Gasteiger partial charge in [-0.3, -0.25) is 0 Å². The molecule has 0 saturated heterocycles. The molecule has 0 aliphatic rings. The Bertz CT molecular complexity index is 521. The fraction of sp³-hybridized carbons (Fsp3) is 0.533. The average molecular weight is 261 g/mol. The van der Waals surface area contributed by atoms with Crippen LogP contribution in [0.3, 0.4) is 0 Å². The lowest BCUT2D eigenvalue weighted by Crippen LogP contribution is -2.30. The topological polar surface area (TPSA) is 39.1 Å². The standard InChI is InChI=1S/C15H23N3O/c1-4-18-14-8-6-5-7-13(14)17-15(18)11-12(16-2)9-10-19-3/h5-8,12,16H,4,9-11H2,1-3H3. The Hall–Kier alpha value is -1.39. The van der Waals surface area contributed by atoms with Crippen LogP contribution in [-0.2, 0) is 17.7 Å². The van der Waals surface area contributed by atoms with Gasteiger partial charge < -0.3 is 14.6 Å². The second-order valence-corrected chi connectivity index (χ2v) is 4.73. The molecule has 2 rings (SSSR count). The zero-order valence-corrected chi connectivity index (χ0v) is 12.0. The molecule has 0 saturated carbocycles. The highest BCUT2D eigenvalue weighted by atomic mass is 16.5. The number of likely N-dealkylation sites (N-methyl/N-ethyl adjacent to an activating group) is 1. The summed E-state index contributed by atoms with van der Waals surface area (Å²) in [7, 11) is 3.74. The summed E-state index contributed by atoms with van der Waals surface area (Å²) in [5.74, 6) is 1.15. The molecule has 0 spiro atoms. The van der Waals surface area contributed by atoms with Crippen LogP contribution in [-0.4, -0.2) is 36.4 Å². The van der Waals surface area contributed by atoms with E-state index in [0.29, 0.717) is 6.04 Å². The molecule has 19 heavy (non-hydrogen) atoms. The fourth-order valence-corrected chi connectivity index (χ4v) is 2.46. The van der Waals surface area contributed by atoms with E-state index < -0.39 is 0 Å². The zero-order valence-electron chi connectivity index (χ0n) is 12.0. The van der Waals surface area contributed by atoms with E-state index in [9.17, 15) is 0 Å². The molecule has 4 nitrogen and oxygen atoms in total. The summed E-state index contributed by atoms with van der Waals surface area (Å²) in [4.78, 5) is 4.76. The van der Waals surface area contributed by atoms with Crippen molar-refractivity contribution in [2.45, 2.75) is 32.4 Å². The SMILES string of the molecule is CCn1c(CC(CCOC)NC)nc2ccccc21. The number of ether oxygens (including phenoxy) is 1. The quantitative estimate of drug-likeness (QED) is 0.830. The molecule has 0 amide bonds. The van der Waals surface area contributed by atoms with Crippen LogP contribution in [0.5, 0.6) is 0 Å². The minimum Gasteiger partial charge on any atom is -0.385 e. The second-order valence-electron chi connectivity index (χ2n) is 4.73. The van der Waals surface area contributed by atoms with Gasteiger partial charge in [-0.2, -0.15) is 0 Å². The number of fused-ring (bicyclic) bond motifs is 1. The Balaban J connectivity index is 2.23. The highest BCUT2D eigenvalue weighted by Gasteiger charge is 2.14. The minimum atomic E-state index is 0.405. The van der Waals surface area contributed by atoms with Crippen LogP contribution in [0, 0.1) is 0 Å². The summed E-state index contributed by atoms with van der Waals surface area (Å²) < 4.78 is 7.46. The van der Waals surface area contributed by atoms with Crippen molar-refractivity contribution >= 4 is 11.0 Å². The summed E-state index contributed by atoms with van der Waals surface area (Å²) in [5, 5.41) is 3.35. The van der Waals surface area contributed by atoms with Gasteiger partial charge in [-0.1, -0.05) is 12.1 Å². The van der Waals surface area contributed by atoms with Gasteiger partial charge in [0.1, 0.15) is 5.82 Å². The maximum atomic E-state index is 5.16. The van der Waals surface area contributed by atoms with Crippen LogP contribution in [0.4, 0.5) is 0 Å². The third-order valence-electron chi connectivity index (χ3n) is 3.56. The van der Waals surface area contributed by atoms with E-state index in [1.807, 2.05) is 13.1 Å². The van der Waals surface area contributed by atoms with Crippen molar-refractivity contribution in [1.29, 1.82) is 0 Å². The molecule has 4 heteroatoms. The molecule has 0 fully saturated rings. The Kier molecular flexibility index (Phi) is 4.93. The predicted molar refractivity (Wildman–Crippen MR) is 78.5 cm³/mol. The highest BCUT2D eigenvalue weighted by molar-refractivity contribution is 5.75. The molecule has 0 bridgehead atoms. The first kappa shape index (κ1) is 14.0. The van der Waals surface area contributed by atoms with Gasteiger partial charge >= 0.3 is 0 Å². The van der Waals surface area contributed by atoms with Gasteiger partial charge in [0.15, 0.2) is 0 Å². The van der Waals surface area contributed by atoms with Crippen molar-refractivity contribution in [2.24, 2.45) is 0 Å². The van der Waals surface area contributed by atoms with Gasteiger partial charge in [-0.05, 0) is 32.5 Å². The van der Waals surface area contributed by atoms with E-state index in [0.717, 1.165) is 37.3 Å². The van der Waals surface area contributed by atoms with E-state index in [1.165, 1.54) is 5.52 Å². The summed E-state index contributed by atoms with van der Waals surface area (Å²) in [5.41, 5.74) is 2.31. The van der Waals surface area contributed by atoms with Gasteiger partial charge in [-0.15, -0.1) is 0 Å². The number of benzene rings is 1. The third-order valence-corrected chi connectivity index (χ3v) is 3.56. The fourth-order valence-electron chi connectivity index (χ4n) is 2.46. The first-order valence-corrected chi connectivity index (χ1v) is 6.90. The molecule has 104 valence electrons. The Morgan fingerprint density at radius 1 is 1.37 bits per heavy atom. The van der Waals surface area contributed by atoms with Crippen molar-refractivity contribution < 1.29 is 4.74 Å². The number of nitrogens with zero attached hydrogens (tertiary/aromatic N) is 2. The third kappa shape index (κ3) is 3.14. The van der Waals surface area contributed by atoms with E-state index in [4.69, 9.17) is 9.72 Å². The predicted octanol–water partition coefficient (Wildman–Crippen LogP) is 2.22. The molecule has 2 aromatic rings. The maximum Gasteiger partial charge on any atom is 0.111 e.